The number of allylic oxidation sites excluding steroid dienone is 6. The van der Waals surface area contributed by atoms with Crippen molar-refractivity contribution >= 4 is 16.3 Å². The minimum absolute atomic E-state index is 1.05. The number of rotatable bonds is 1. The Morgan fingerprint density at radius 1 is 0.889 bits per heavy atom. The summed E-state index contributed by atoms with van der Waals surface area (Å²) in [5, 5.41) is 2.60. The van der Waals surface area contributed by atoms with Crippen LogP contribution >= 0.6 is 0 Å². The highest BCUT2D eigenvalue weighted by molar-refractivity contribution is 5.88. The largest absolute Gasteiger partial charge is 0.0799 e. The van der Waals surface area contributed by atoms with Crippen LogP contribution in [0, 0.1) is 0 Å². The summed E-state index contributed by atoms with van der Waals surface area (Å²) >= 11 is 0. The lowest BCUT2D eigenvalue weighted by atomic mass is 10.0. The first-order valence-corrected chi connectivity index (χ1v) is 6.36. The van der Waals surface area contributed by atoms with Gasteiger partial charge in [0.15, 0.2) is 0 Å². The lowest BCUT2D eigenvalue weighted by Crippen LogP contribution is -1.81. The molecule has 0 N–H and O–H groups in total. The zero-order valence-corrected chi connectivity index (χ0v) is 10.6. The van der Waals surface area contributed by atoms with Crippen molar-refractivity contribution in [3.05, 3.63) is 77.9 Å². The van der Waals surface area contributed by atoms with E-state index in [-0.39, 0.29) is 0 Å². The van der Waals surface area contributed by atoms with Gasteiger partial charge in [-0.25, -0.2) is 0 Å². The van der Waals surface area contributed by atoms with Crippen LogP contribution in [0.15, 0.2) is 72.3 Å². The summed E-state index contributed by atoms with van der Waals surface area (Å²) in [7, 11) is 0. The van der Waals surface area contributed by atoms with E-state index in [1.165, 1.54) is 27.5 Å². The molecule has 18 heavy (non-hydrogen) atoms. The highest BCUT2D eigenvalue weighted by atomic mass is 14.1. The molecule has 3 rings (SSSR count). The monoisotopic (exact) mass is 232 g/mol. The van der Waals surface area contributed by atoms with E-state index < -0.39 is 0 Å². The van der Waals surface area contributed by atoms with Gasteiger partial charge in [0, 0.05) is 0 Å². The van der Waals surface area contributed by atoms with E-state index in [9.17, 15) is 0 Å². The maximum atomic E-state index is 2.26. The Hall–Kier alpha value is -2.08. The van der Waals surface area contributed by atoms with Crippen LogP contribution in [0.2, 0.25) is 0 Å². The molecule has 0 unspecified atom stereocenters. The van der Waals surface area contributed by atoms with Crippen molar-refractivity contribution in [2.45, 2.75) is 13.3 Å². The highest BCUT2D eigenvalue weighted by Gasteiger charge is 2.01. The number of hydrogen-bond acceptors (Lipinski definition) is 0. The normalized spacial score (nSPS) is 15.2. The minimum atomic E-state index is 1.05. The van der Waals surface area contributed by atoms with Crippen molar-refractivity contribution in [3.8, 4) is 0 Å². The zero-order chi connectivity index (χ0) is 12.4. The van der Waals surface area contributed by atoms with Gasteiger partial charge in [-0.15, -0.1) is 0 Å². The number of fused-ring (bicyclic) bond motifs is 1. The van der Waals surface area contributed by atoms with Crippen molar-refractivity contribution in [3.63, 3.8) is 0 Å². The lowest BCUT2D eigenvalue weighted by molar-refractivity contribution is 1.22. The van der Waals surface area contributed by atoms with Crippen LogP contribution in [0.25, 0.3) is 16.3 Å². The third-order valence-corrected chi connectivity index (χ3v) is 3.37. The van der Waals surface area contributed by atoms with Crippen LogP contribution in [-0.4, -0.2) is 0 Å². The van der Waals surface area contributed by atoms with Crippen LogP contribution in [0.5, 0.6) is 0 Å². The van der Waals surface area contributed by atoms with E-state index >= 15 is 0 Å². The van der Waals surface area contributed by atoms with Gasteiger partial charge in [-0.3, -0.25) is 0 Å². The molecule has 0 heterocycles. The molecule has 0 atom stereocenters. The van der Waals surface area contributed by atoms with Crippen molar-refractivity contribution in [2.75, 3.05) is 0 Å². The summed E-state index contributed by atoms with van der Waals surface area (Å²) in [5.41, 5.74) is 3.98. The van der Waals surface area contributed by atoms with Gasteiger partial charge in [-0.1, -0.05) is 66.3 Å². The van der Waals surface area contributed by atoms with E-state index in [0.29, 0.717) is 0 Å². The summed E-state index contributed by atoms with van der Waals surface area (Å²) in [5.74, 6) is 0. The second kappa shape index (κ2) is 4.66. The second-order valence-corrected chi connectivity index (χ2v) is 4.80. The van der Waals surface area contributed by atoms with E-state index in [1.807, 2.05) is 0 Å². The fourth-order valence-electron chi connectivity index (χ4n) is 2.29. The first-order chi connectivity index (χ1) is 8.83. The molecule has 1 aliphatic carbocycles. The maximum Gasteiger partial charge on any atom is -0.0135 e. The quantitative estimate of drug-likeness (QED) is 0.639. The summed E-state index contributed by atoms with van der Waals surface area (Å²) in [4.78, 5) is 0. The molecule has 88 valence electrons. The van der Waals surface area contributed by atoms with Crippen molar-refractivity contribution < 1.29 is 0 Å². The predicted molar refractivity (Wildman–Crippen MR) is 79.4 cm³/mol. The molecular weight excluding hydrogens is 216 g/mol. The molecule has 0 nitrogen and oxygen atoms in total. The first kappa shape index (κ1) is 11.0. The van der Waals surface area contributed by atoms with E-state index in [0.717, 1.165) is 6.42 Å². The van der Waals surface area contributed by atoms with Crippen LogP contribution in [0.3, 0.4) is 0 Å². The third kappa shape index (κ3) is 2.14. The van der Waals surface area contributed by atoms with Gasteiger partial charge in [-0.05, 0) is 41.3 Å². The number of hydrogen-bond donors (Lipinski definition) is 0. The van der Waals surface area contributed by atoms with Crippen LogP contribution in [0.4, 0.5) is 0 Å². The Balaban J connectivity index is 2.09. The smallest absolute Gasteiger partial charge is 0.0135 e. The Bertz CT molecular complexity index is 669. The van der Waals surface area contributed by atoms with Gasteiger partial charge < -0.3 is 0 Å². The fourth-order valence-corrected chi connectivity index (χ4v) is 2.29. The van der Waals surface area contributed by atoms with Gasteiger partial charge >= 0.3 is 0 Å². The van der Waals surface area contributed by atoms with Gasteiger partial charge in [0.2, 0.25) is 0 Å². The molecule has 0 saturated carbocycles. The van der Waals surface area contributed by atoms with Crippen LogP contribution < -0.4 is 0 Å². The molecule has 0 aliphatic heterocycles. The molecule has 0 spiro atoms. The summed E-state index contributed by atoms with van der Waals surface area (Å²) in [6, 6.07) is 15.2. The Morgan fingerprint density at radius 2 is 1.72 bits per heavy atom. The zero-order valence-electron chi connectivity index (χ0n) is 10.6. The summed E-state index contributed by atoms with van der Waals surface area (Å²) in [6.07, 6.45) is 9.93. The molecule has 0 fully saturated rings. The lowest BCUT2D eigenvalue weighted by Gasteiger charge is -2.04. The summed E-state index contributed by atoms with van der Waals surface area (Å²) < 4.78 is 0. The fraction of sp³-hybridized carbons (Fsp3) is 0.111. The topological polar surface area (TPSA) is 0 Å². The molecule has 0 bridgehead atoms. The van der Waals surface area contributed by atoms with E-state index in [1.54, 1.807) is 0 Å². The second-order valence-electron chi connectivity index (χ2n) is 4.80. The Labute approximate surface area is 108 Å². The molecule has 2 aromatic rings. The number of benzene rings is 2. The predicted octanol–water partition coefficient (Wildman–Crippen LogP) is 5.13. The van der Waals surface area contributed by atoms with Crippen LogP contribution in [-0.2, 0) is 0 Å². The van der Waals surface area contributed by atoms with Gasteiger partial charge in [0.1, 0.15) is 0 Å². The molecule has 0 amide bonds. The van der Waals surface area contributed by atoms with E-state index in [4.69, 9.17) is 0 Å². The van der Waals surface area contributed by atoms with Crippen molar-refractivity contribution in [2.24, 2.45) is 0 Å². The molecule has 0 radical (unpaired) electrons. The van der Waals surface area contributed by atoms with Gasteiger partial charge in [0.25, 0.3) is 0 Å². The standard InChI is InChI=1S/C18H16/c1-14-5-4-8-16(10-9-14)18-12-11-15-6-2-3-7-17(15)13-18/h2-4,6-13H,5H2,1H3. The molecule has 1 aliphatic rings. The molecule has 0 aromatic heterocycles. The first-order valence-electron chi connectivity index (χ1n) is 6.36. The van der Waals surface area contributed by atoms with Crippen molar-refractivity contribution in [1.82, 2.24) is 0 Å². The third-order valence-electron chi connectivity index (χ3n) is 3.37. The average Bonchev–Trinajstić information content (AvgIpc) is 2.63. The van der Waals surface area contributed by atoms with Crippen molar-refractivity contribution in [1.29, 1.82) is 0 Å². The minimum Gasteiger partial charge on any atom is -0.0799 e. The molecule has 2 aromatic carbocycles. The Kier molecular flexibility index (Phi) is 2.85. The van der Waals surface area contributed by atoms with Gasteiger partial charge in [0.05, 0.1) is 0 Å². The highest BCUT2D eigenvalue weighted by Crippen LogP contribution is 2.24. The van der Waals surface area contributed by atoms with Gasteiger partial charge in [-0.2, -0.15) is 0 Å². The van der Waals surface area contributed by atoms with E-state index in [2.05, 4.69) is 73.7 Å². The maximum absolute atomic E-state index is 2.26. The van der Waals surface area contributed by atoms with Crippen LogP contribution in [0.1, 0.15) is 18.9 Å². The SMILES string of the molecule is CC1=CC=C(c2ccc3ccccc3c2)C=CC1. The Morgan fingerprint density at radius 3 is 2.61 bits per heavy atom. The molecule has 0 saturated heterocycles. The molecule has 0 heteroatoms. The molecular formula is C18H16. The average molecular weight is 232 g/mol. The summed E-state index contributed by atoms with van der Waals surface area (Å²) in [6.45, 7) is 2.17.